The molecule has 0 radical (unpaired) electrons. The summed E-state index contributed by atoms with van der Waals surface area (Å²) in [6.07, 6.45) is 0. The van der Waals surface area contributed by atoms with Crippen molar-refractivity contribution < 1.29 is 4.74 Å². The van der Waals surface area contributed by atoms with Gasteiger partial charge in [-0.05, 0) is 54.4 Å². The smallest absolute Gasteiger partial charge is 0.219 e. The molecule has 0 fully saturated rings. The van der Waals surface area contributed by atoms with E-state index in [4.69, 9.17) is 10.5 Å². The summed E-state index contributed by atoms with van der Waals surface area (Å²) in [4.78, 5) is 9.29. The van der Waals surface area contributed by atoms with Crippen LogP contribution < -0.4 is 15.8 Å². The van der Waals surface area contributed by atoms with Gasteiger partial charge in [0, 0.05) is 30.7 Å². The third-order valence-corrected chi connectivity index (χ3v) is 5.40. The summed E-state index contributed by atoms with van der Waals surface area (Å²) in [6.45, 7) is 2.71. The number of nitrogens with two attached hydrogens (primary N) is 1. The molecule has 0 aliphatic heterocycles. The number of nitrogen functional groups attached to an aromatic ring is 1. The monoisotopic (exact) mass is 409 g/mol. The molecule has 0 bridgehead atoms. The minimum Gasteiger partial charge on any atom is -0.439 e. The van der Waals surface area contributed by atoms with E-state index in [9.17, 15) is 0 Å². The van der Waals surface area contributed by atoms with Gasteiger partial charge in [0.15, 0.2) is 0 Å². The quantitative estimate of drug-likeness (QED) is 0.379. The highest BCUT2D eigenvalue weighted by atomic mass is 16.5. The van der Waals surface area contributed by atoms with Crippen LogP contribution in [-0.4, -0.2) is 14.5 Å². The Morgan fingerprint density at radius 2 is 1.81 bits per heavy atom. The number of pyridine rings is 1. The second kappa shape index (κ2) is 7.65. The molecule has 0 unspecified atom stereocenters. The number of nitrogens with one attached hydrogen (secondary N) is 1. The van der Waals surface area contributed by atoms with Crippen molar-refractivity contribution in [1.29, 1.82) is 0 Å². The minimum atomic E-state index is 0.589. The van der Waals surface area contributed by atoms with E-state index in [1.165, 1.54) is 0 Å². The fourth-order valence-electron chi connectivity index (χ4n) is 3.68. The Bertz CT molecular complexity index is 1390. The number of para-hydroxylation sites is 1. The summed E-state index contributed by atoms with van der Waals surface area (Å²) < 4.78 is 7.98. The van der Waals surface area contributed by atoms with Crippen LogP contribution in [-0.2, 0) is 13.6 Å². The Balaban J connectivity index is 1.28. The summed E-state index contributed by atoms with van der Waals surface area (Å²) in [5.74, 6) is 2.14. The minimum absolute atomic E-state index is 0.589. The highest BCUT2D eigenvalue weighted by Crippen LogP contribution is 2.25. The molecule has 0 saturated heterocycles. The molecule has 0 spiro atoms. The number of hydrogen-bond donors (Lipinski definition) is 2. The molecule has 0 saturated carbocycles. The SMILES string of the molecule is Cc1cccc2ccc(Oc3ccc(CNc4nc5ccc(N)cc5n4C)cc3)nc12. The first kappa shape index (κ1) is 18.9. The molecule has 5 aromatic rings. The number of aryl methyl sites for hydroxylation is 2. The molecule has 2 heterocycles. The summed E-state index contributed by atoms with van der Waals surface area (Å²) in [5, 5.41) is 4.50. The van der Waals surface area contributed by atoms with Crippen LogP contribution in [0.2, 0.25) is 0 Å². The lowest BCUT2D eigenvalue weighted by Crippen LogP contribution is -2.04. The van der Waals surface area contributed by atoms with Gasteiger partial charge in [-0.2, -0.15) is 0 Å². The third kappa shape index (κ3) is 3.75. The number of nitrogens with zero attached hydrogens (tertiary/aromatic N) is 3. The average molecular weight is 409 g/mol. The zero-order chi connectivity index (χ0) is 21.4. The number of imidazole rings is 1. The van der Waals surface area contributed by atoms with Crippen LogP contribution in [0.4, 0.5) is 11.6 Å². The molecule has 6 nitrogen and oxygen atoms in total. The van der Waals surface area contributed by atoms with E-state index < -0.39 is 0 Å². The number of fused-ring (bicyclic) bond motifs is 2. The van der Waals surface area contributed by atoms with Gasteiger partial charge in [0.2, 0.25) is 11.8 Å². The first-order valence-corrected chi connectivity index (χ1v) is 10.2. The maximum atomic E-state index is 5.97. The summed E-state index contributed by atoms with van der Waals surface area (Å²) in [7, 11) is 1.98. The first-order chi connectivity index (χ1) is 15.1. The normalized spacial score (nSPS) is 11.2. The molecule has 6 heteroatoms. The van der Waals surface area contributed by atoms with E-state index >= 15 is 0 Å². The van der Waals surface area contributed by atoms with Crippen LogP contribution in [0, 0.1) is 6.92 Å². The van der Waals surface area contributed by atoms with Crippen molar-refractivity contribution in [2.24, 2.45) is 7.05 Å². The van der Waals surface area contributed by atoms with Gasteiger partial charge < -0.3 is 20.4 Å². The fourth-order valence-corrected chi connectivity index (χ4v) is 3.68. The van der Waals surface area contributed by atoms with Crippen molar-refractivity contribution in [3.63, 3.8) is 0 Å². The Labute approximate surface area is 180 Å². The van der Waals surface area contributed by atoms with Crippen LogP contribution >= 0.6 is 0 Å². The van der Waals surface area contributed by atoms with Gasteiger partial charge in [-0.3, -0.25) is 0 Å². The van der Waals surface area contributed by atoms with Crippen LogP contribution in [0.5, 0.6) is 11.6 Å². The number of hydrogen-bond acceptors (Lipinski definition) is 5. The molecule has 5 rings (SSSR count). The van der Waals surface area contributed by atoms with E-state index in [0.717, 1.165) is 50.4 Å². The second-order valence-electron chi connectivity index (χ2n) is 7.64. The zero-order valence-corrected chi connectivity index (χ0v) is 17.5. The van der Waals surface area contributed by atoms with E-state index in [1.54, 1.807) is 0 Å². The molecule has 0 aliphatic rings. The van der Waals surface area contributed by atoms with Crippen molar-refractivity contribution in [1.82, 2.24) is 14.5 Å². The van der Waals surface area contributed by atoms with Crippen LogP contribution in [0.3, 0.4) is 0 Å². The van der Waals surface area contributed by atoms with Gasteiger partial charge in [0.1, 0.15) is 5.75 Å². The Morgan fingerprint density at radius 1 is 0.968 bits per heavy atom. The van der Waals surface area contributed by atoms with Crippen LogP contribution in [0.1, 0.15) is 11.1 Å². The van der Waals surface area contributed by atoms with Crippen molar-refractivity contribution >= 4 is 33.6 Å². The number of aromatic nitrogens is 3. The summed E-state index contributed by atoms with van der Waals surface area (Å²) in [5.41, 5.74) is 11.8. The maximum Gasteiger partial charge on any atom is 0.219 e. The molecular formula is C25H23N5O. The van der Waals surface area contributed by atoms with Crippen molar-refractivity contribution in [3.8, 4) is 11.6 Å². The van der Waals surface area contributed by atoms with Gasteiger partial charge >= 0.3 is 0 Å². The fraction of sp³-hybridized carbons (Fsp3) is 0.120. The third-order valence-electron chi connectivity index (χ3n) is 5.40. The molecule has 31 heavy (non-hydrogen) atoms. The Kier molecular flexibility index (Phi) is 4.67. The zero-order valence-electron chi connectivity index (χ0n) is 17.5. The van der Waals surface area contributed by atoms with Gasteiger partial charge in [-0.1, -0.05) is 30.3 Å². The standard InChI is InChI=1S/C25H23N5O/c1-16-4-3-5-18-8-13-23(29-24(16)18)31-20-10-6-17(7-11-20)15-27-25-28-21-12-9-19(26)14-22(21)30(25)2/h3-14H,15,26H2,1-2H3,(H,27,28). The van der Waals surface area contributed by atoms with E-state index in [-0.39, 0.29) is 0 Å². The largest absolute Gasteiger partial charge is 0.439 e. The lowest BCUT2D eigenvalue weighted by molar-refractivity contribution is 0.465. The van der Waals surface area contributed by atoms with Crippen molar-refractivity contribution in [3.05, 3.63) is 83.9 Å². The van der Waals surface area contributed by atoms with Gasteiger partial charge in [-0.25, -0.2) is 9.97 Å². The molecule has 0 amide bonds. The topological polar surface area (TPSA) is 78.0 Å². The Hall–Kier alpha value is -4.06. The van der Waals surface area contributed by atoms with E-state index in [0.29, 0.717) is 12.4 Å². The molecule has 0 aliphatic carbocycles. The molecule has 0 atom stereocenters. The first-order valence-electron chi connectivity index (χ1n) is 10.2. The van der Waals surface area contributed by atoms with E-state index in [2.05, 4.69) is 34.3 Å². The highest BCUT2D eigenvalue weighted by Gasteiger charge is 2.08. The van der Waals surface area contributed by atoms with Gasteiger partial charge in [0.25, 0.3) is 0 Å². The number of anilines is 2. The average Bonchev–Trinajstić information content (AvgIpc) is 3.09. The van der Waals surface area contributed by atoms with E-state index in [1.807, 2.05) is 72.3 Å². The van der Waals surface area contributed by atoms with Gasteiger partial charge in [0.05, 0.1) is 16.6 Å². The molecule has 3 aromatic carbocycles. The molecule has 2 aromatic heterocycles. The predicted octanol–water partition coefficient (Wildman–Crippen LogP) is 5.42. The number of rotatable bonds is 5. The predicted molar refractivity (Wildman–Crippen MR) is 125 cm³/mol. The number of benzene rings is 3. The van der Waals surface area contributed by atoms with Gasteiger partial charge in [-0.15, -0.1) is 0 Å². The lowest BCUT2D eigenvalue weighted by atomic mass is 10.1. The summed E-state index contributed by atoms with van der Waals surface area (Å²) >= 11 is 0. The Morgan fingerprint density at radius 3 is 2.65 bits per heavy atom. The van der Waals surface area contributed by atoms with Crippen LogP contribution in [0.15, 0.2) is 72.8 Å². The maximum absolute atomic E-state index is 5.97. The lowest BCUT2D eigenvalue weighted by Gasteiger charge is -2.09. The second-order valence-corrected chi connectivity index (χ2v) is 7.64. The van der Waals surface area contributed by atoms with Crippen molar-refractivity contribution in [2.75, 3.05) is 11.1 Å². The molecule has 3 N–H and O–H groups in total. The molecule has 154 valence electrons. The number of ether oxygens (including phenoxy) is 1. The highest BCUT2D eigenvalue weighted by molar-refractivity contribution is 5.82. The van der Waals surface area contributed by atoms with Crippen molar-refractivity contribution in [2.45, 2.75) is 13.5 Å². The summed E-state index contributed by atoms with van der Waals surface area (Å²) in [6, 6.07) is 23.8. The molecular weight excluding hydrogens is 386 g/mol. The van der Waals surface area contributed by atoms with Crippen LogP contribution in [0.25, 0.3) is 21.9 Å².